The van der Waals surface area contributed by atoms with Crippen LogP contribution in [0.2, 0.25) is 5.02 Å². The first-order valence-corrected chi connectivity index (χ1v) is 11.8. The number of halogens is 1. The van der Waals surface area contributed by atoms with Crippen LogP contribution in [0.15, 0.2) is 94.6 Å². The fraction of sp³-hybridized carbons (Fsp3) is 0.0385. The van der Waals surface area contributed by atoms with Crippen LogP contribution in [0, 0.1) is 0 Å². The molecule has 3 aromatic carbocycles. The Morgan fingerprint density at radius 1 is 0.848 bits per heavy atom. The fourth-order valence-electron chi connectivity index (χ4n) is 3.89. The van der Waals surface area contributed by atoms with Gasteiger partial charge in [-0.05, 0) is 23.8 Å². The Bertz CT molecular complexity index is 1590. The summed E-state index contributed by atoms with van der Waals surface area (Å²) in [5.41, 5.74) is 5.58. The summed E-state index contributed by atoms with van der Waals surface area (Å²) in [5.74, 6) is 1.03. The molecule has 0 spiro atoms. The molecule has 0 saturated carbocycles. The maximum Gasteiger partial charge on any atom is 0.277 e. The van der Waals surface area contributed by atoms with Crippen molar-refractivity contribution in [3.63, 3.8) is 0 Å². The van der Waals surface area contributed by atoms with Crippen molar-refractivity contribution >= 4 is 45.2 Å². The number of thioether (sulfide) groups is 1. The second-order valence-corrected chi connectivity index (χ2v) is 8.90. The molecule has 3 aromatic heterocycles. The minimum absolute atomic E-state index is 0.390. The van der Waals surface area contributed by atoms with Crippen LogP contribution in [0.5, 0.6) is 0 Å². The number of H-pyrrole nitrogens is 1. The van der Waals surface area contributed by atoms with E-state index in [2.05, 4.69) is 39.4 Å². The lowest BCUT2D eigenvalue weighted by Gasteiger charge is -2.05. The molecule has 0 saturated heterocycles. The number of benzene rings is 3. The molecule has 0 fully saturated rings. The predicted molar refractivity (Wildman–Crippen MR) is 133 cm³/mol. The second kappa shape index (κ2) is 8.39. The number of rotatable bonds is 5. The van der Waals surface area contributed by atoms with Crippen molar-refractivity contribution in [3.05, 3.63) is 95.5 Å². The Hall–Kier alpha value is -3.61. The maximum atomic E-state index is 6.27. The van der Waals surface area contributed by atoms with Gasteiger partial charge in [-0.25, -0.2) is 4.98 Å². The second-order valence-electron chi connectivity index (χ2n) is 7.57. The van der Waals surface area contributed by atoms with Crippen molar-refractivity contribution in [2.24, 2.45) is 0 Å². The van der Waals surface area contributed by atoms with E-state index in [-0.39, 0.29) is 0 Å². The molecule has 6 aromatic rings. The molecule has 7 heteroatoms. The van der Waals surface area contributed by atoms with Gasteiger partial charge in [0.1, 0.15) is 5.69 Å². The number of aromatic nitrogens is 4. The van der Waals surface area contributed by atoms with Crippen LogP contribution >= 0.6 is 23.4 Å². The zero-order valence-corrected chi connectivity index (χ0v) is 18.9. The summed E-state index contributed by atoms with van der Waals surface area (Å²) in [7, 11) is 0. The third-order valence-corrected chi connectivity index (χ3v) is 6.71. The van der Waals surface area contributed by atoms with Crippen LogP contribution in [0.3, 0.4) is 0 Å². The fourth-order valence-corrected chi connectivity index (χ4v) is 4.94. The molecule has 6 rings (SSSR count). The third kappa shape index (κ3) is 3.77. The Labute approximate surface area is 198 Å². The smallest absolute Gasteiger partial charge is 0.277 e. The molecular formula is C26H17ClN4OS. The summed E-state index contributed by atoms with van der Waals surface area (Å²) in [6, 6.07) is 28.1. The molecule has 0 radical (unpaired) electrons. The maximum absolute atomic E-state index is 6.27. The SMILES string of the molecule is Clc1ccccc1CSc1nnc(-c2cc3c([nH]c4ccccc43)c(-c3ccccc3)n2)o1. The van der Waals surface area contributed by atoms with E-state index in [4.69, 9.17) is 21.0 Å². The molecule has 0 unspecified atom stereocenters. The van der Waals surface area contributed by atoms with Gasteiger partial charge in [0.05, 0.1) is 11.2 Å². The van der Waals surface area contributed by atoms with Crippen molar-refractivity contribution in [3.8, 4) is 22.8 Å². The van der Waals surface area contributed by atoms with Gasteiger partial charge in [0.2, 0.25) is 0 Å². The monoisotopic (exact) mass is 468 g/mol. The van der Waals surface area contributed by atoms with Crippen LogP contribution in [0.25, 0.3) is 44.6 Å². The Morgan fingerprint density at radius 2 is 1.64 bits per heavy atom. The molecule has 160 valence electrons. The average molecular weight is 469 g/mol. The number of aromatic amines is 1. The van der Waals surface area contributed by atoms with Crippen molar-refractivity contribution in [1.82, 2.24) is 20.2 Å². The van der Waals surface area contributed by atoms with Crippen LogP contribution in [0.4, 0.5) is 0 Å². The van der Waals surface area contributed by atoms with Gasteiger partial charge in [0.25, 0.3) is 11.1 Å². The van der Waals surface area contributed by atoms with E-state index >= 15 is 0 Å². The molecule has 0 aliphatic rings. The lowest BCUT2D eigenvalue weighted by Crippen LogP contribution is -1.90. The molecule has 5 nitrogen and oxygen atoms in total. The molecule has 0 amide bonds. The van der Waals surface area contributed by atoms with E-state index in [1.165, 1.54) is 11.8 Å². The Morgan fingerprint density at radius 3 is 2.52 bits per heavy atom. The van der Waals surface area contributed by atoms with Crippen LogP contribution in [-0.2, 0) is 5.75 Å². The molecular weight excluding hydrogens is 452 g/mol. The first-order valence-electron chi connectivity index (χ1n) is 10.4. The summed E-state index contributed by atoms with van der Waals surface area (Å²) in [6.07, 6.45) is 0. The molecule has 0 atom stereocenters. The van der Waals surface area contributed by atoms with Crippen molar-refractivity contribution in [1.29, 1.82) is 0 Å². The van der Waals surface area contributed by atoms with Gasteiger partial charge in [-0.1, -0.05) is 90.1 Å². The molecule has 1 N–H and O–H groups in total. The van der Waals surface area contributed by atoms with Crippen molar-refractivity contribution in [2.75, 3.05) is 0 Å². The Kier molecular flexibility index (Phi) is 5.09. The first-order chi connectivity index (χ1) is 16.3. The van der Waals surface area contributed by atoms with Gasteiger partial charge in [-0.15, -0.1) is 10.2 Å². The van der Waals surface area contributed by atoms with E-state index in [0.717, 1.165) is 43.6 Å². The predicted octanol–water partition coefficient (Wildman–Crippen LogP) is 7.38. The number of hydrogen-bond donors (Lipinski definition) is 1. The van der Waals surface area contributed by atoms with Gasteiger partial charge in [-0.3, -0.25) is 0 Å². The number of nitrogens with one attached hydrogen (secondary N) is 1. The molecule has 0 aliphatic carbocycles. The summed E-state index contributed by atoms with van der Waals surface area (Å²) < 4.78 is 5.98. The third-order valence-electron chi connectivity index (χ3n) is 5.48. The van der Waals surface area contributed by atoms with E-state index in [9.17, 15) is 0 Å². The largest absolute Gasteiger partial charge is 0.410 e. The van der Waals surface area contributed by atoms with E-state index < -0.39 is 0 Å². The topological polar surface area (TPSA) is 67.6 Å². The van der Waals surface area contributed by atoms with Crippen LogP contribution < -0.4 is 0 Å². The number of hydrogen-bond acceptors (Lipinski definition) is 5. The molecule has 33 heavy (non-hydrogen) atoms. The average Bonchev–Trinajstić information content (AvgIpc) is 3.48. The number of pyridine rings is 1. The van der Waals surface area contributed by atoms with Gasteiger partial charge in [0.15, 0.2) is 0 Å². The summed E-state index contributed by atoms with van der Waals surface area (Å²) in [6.45, 7) is 0. The normalized spacial score (nSPS) is 11.4. The number of nitrogens with zero attached hydrogens (tertiary/aromatic N) is 3. The van der Waals surface area contributed by atoms with Gasteiger partial charge in [0, 0.05) is 32.6 Å². The lowest BCUT2D eigenvalue weighted by molar-refractivity contribution is 0.464. The van der Waals surface area contributed by atoms with E-state index in [1.807, 2.05) is 60.7 Å². The van der Waals surface area contributed by atoms with E-state index in [1.54, 1.807) is 0 Å². The van der Waals surface area contributed by atoms with Gasteiger partial charge >= 0.3 is 0 Å². The van der Waals surface area contributed by atoms with Crippen molar-refractivity contribution < 1.29 is 4.42 Å². The highest BCUT2D eigenvalue weighted by molar-refractivity contribution is 7.98. The molecule has 0 aliphatic heterocycles. The Balaban J connectivity index is 1.43. The van der Waals surface area contributed by atoms with E-state index in [0.29, 0.717) is 22.6 Å². The van der Waals surface area contributed by atoms with Crippen LogP contribution in [-0.4, -0.2) is 20.2 Å². The highest BCUT2D eigenvalue weighted by atomic mass is 35.5. The molecule has 0 bridgehead atoms. The van der Waals surface area contributed by atoms with Gasteiger partial charge < -0.3 is 9.40 Å². The minimum atomic E-state index is 0.390. The highest BCUT2D eigenvalue weighted by Gasteiger charge is 2.18. The van der Waals surface area contributed by atoms with Crippen molar-refractivity contribution in [2.45, 2.75) is 11.0 Å². The highest BCUT2D eigenvalue weighted by Crippen LogP contribution is 2.35. The summed E-state index contributed by atoms with van der Waals surface area (Å²) >= 11 is 7.72. The zero-order chi connectivity index (χ0) is 22.2. The summed E-state index contributed by atoms with van der Waals surface area (Å²) in [5, 5.41) is 11.9. The first kappa shape index (κ1) is 20.0. The number of fused-ring (bicyclic) bond motifs is 3. The number of para-hydroxylation sites is 1. The zero-order valence-electron chi connectivity index (χ0n) is 17.3. The van der Waals surface area contributed by atoms with Crippen LogP contribution in [0.1, 0.15) is 5.56 Å². The van der Waals surface area contributed by atoms with Gasteiger partial charge in [-0.2, -0.15) is 0 Å². The minimum Gasteiger partial charge on any atom is -0.410 e. The lowest BCUT2D eigenvalue weighted by atomic mass is 10.1. The quantitative estimate of drug-likeness (QED) is 0.267. The molecule has 3 heterocycles. The summed E-state index contributed by atoms with van der Waals surface area (Å²) in [4.78, 5) is 8.45. The standard InChI is InChI=1S/C26H17ClN4OS/c27-20-12-6-4-10-17(20)15-33-26-31-30-25(32-26)22-14-19-18-11-5-7-13-21(18)28-24(19)23(29-22)16-8-2-1-3-9-16/h1-14,28H,15H2.